The summed E-state index contributed by atoms with van der Waals surface area (Å²) < 4.78 is 1.78. The van der Waals surface area contributed by atoms with Crippen LogP contribution in [-0.2, 0) is 18.4 Å². The number of carbonyl (C=O) groups is 1. The van der Waals surface area contributed by atoms with E-state index < -0.39 is 0 Å². The van der Waals surface area contributed by atoms with Crippen molar-refractivity contribution in [1.82, 2.24) is 25.0 Å². The van der Waals surface area contributed by atoms with Crippen LogP contribution < -0.4 is 5.32 Å². The Bertz CT molecular complexity index is 602. The number of fused-ring (bicyclic) bond motifs is 1. The summed E-state index contributed by atoms with van der Waals surface area (Å²) in [4.78, 5) is 17.4. The minimum Gasteiger partial charge on any atom is -0.348 e. The monoisotopic (exact) mass is 261 g/mol. The highest BCUT2D eigenvalue weighted by Crippen LogP contribution is 2.16. The molecule has 0 saturated carbocycles. The van der Waals surface area contributed by atoms with E-state index in [2.05, 4.69) is 21.5 Å². The molecule has 1 amide bonds. The van der Waals surface area contributed by atoms with Crippen molar-refractivity contribution in [2.24, 2.45) is 7.05 Å². The molecule has 0 unspecified atom stereocenters. The predicted molar refractivity (Wildman–Crippen MR) is 73.6 cm³/mol. The number of aryl methyl sites for hydroxylation is 2. The first-order chi connectivity index (χ1) is 8.99. The van der Waals surface area contributed by atoms with Crippen molar-refractivity contribution in [3.05, 3.63) is 23.5 Å². The van der Waals surface area contributed by atoms with E-state index in [1.165, 1.54) is 0 Å². The zero-order valence-corrected chi connectivity index (χ0v) is 11.8. The molecular weight excluding hydrogens is 242 g/mol. The first kappa shape index (κ1) is 13.5. The third kappa shape index (κ3) is 2.90. The maximum absolute atomic E-state index is 11.4. The Hall–Kier alpha value is -1.95. The molecule has 0 aliphatic carbocycles. The van der Waals surface area contributed by atoms with E-state index in [4.69, 9.17) is 0 Å². The smallest absolute Gasteiger partial charge is 0.236 e. The summed E-state index contributed by atoms with van der Waals surface area (Å²) in [5, 5.41) is 8.51. The van der Waals surface area contributed by atoms with Crippen LogP contribution in [0.4, 0.5) is 0 Å². The van der Waals surface area contributed by atoms with Gasteiger partial charge in [0.2, 0.25) is 5.91 Å². The maximum Gasteiger partial charge on any atom is 0.236 e. The molecule has 0 aliphatic heterocycles. The summed E-state index contributed by atoms with van der Waals surface area (Å²) in [5.74, 6) is 0.0617. The lowest BCUT2D eigenvalue weighted by atomic mass is 10.2. The van der Waals surface area contributed by atoms with Crippen LogP contribution in [0.5, 0.6) is 0 Å². The minimum atomic E-state index is 0.0617. The third-order valence-corrected chi connectivity index (χ3v) is 3.02. The second-order valence-electron chi connectivity index (χ2n) is 4.82. The van der Waals surface area contributed by atoms with Gasteiger partial charge in [0.1, 0.15) is 0 Å². The molecule has 2 heterocycles. The molecule has 2 rings (SSSR count). The molecule has 6 heteroatoms. The highest BCUT2D eigenvalue weighted by molar-refractivity contribution is 5.79. The van der Waals surface area contributed by atoms with Gasteiger partial charge in [0.15, 0.2) is 5.65 Å². The van der Waals surface area contributed by atoms with Crippen LogP contribution in [0.1, 0.15) is 11.3 Å². The van der Waals surface area contributed by atoms with Crippen molar-refractivity contribution < 1.29 is 4.79 Å². The fourth-order valence-corrected chi connectivity index (χ4v) is 1.92. The normalized spacial score (nSPS) is 10.9. The first-order valence-corrected chi connectivity index (χ1v) is 6.18. The molecule has 2 aromatic heterocycles. The summed E-state index contributed by atoms with van der Waals surface area (Å²) in [7, 11) is 5.38. The van der Waals surface area contributed by atoms with E-state index in [0.29, 0.717) is 13.1 Å². The SMILES string of the molecule is Cc1nn(C)c2ncc(CNCC(=O)N(C)C)cc12. The Balaban J connectivity index is 2.06. The van der Waals surface area contributed by atoms with Crippen LogP contribution in [0.15, 0.2) is 12.3 Å². The average Bonchev–Trinajstić information content (AvgIpc) is 2.64. The quantitative estimate of drug-likeness (QED) is 0.868. The van der Waals surface area contributed by atoms with E-state index in [1.54, 1.807) is 23.7 Å². The van der Waals surface area contributed by atoms with E-state index in [-0.39, 0.29) is 5.91 Å². The van der Waals surface area contributed by atoms with Gasteiger partial charge < -0.3 is 10.2 Å². The Morgan fingerprint density at radius 3 is 2.89 bits per heavy atom. The van der Waals surface area contributed by atoms with Crippen LogP contribution in [0.2, 0.25) is 0 Å². The van der Waals surface area contributed by atoms with Crippen molar-refractivity contribution >= 4 is 16.9 Å². The average molecular weight is 261 g/mol. The molecular formula is C13H19N5O. The molecule has 0 bridgehead atoms. The number of likely N-dealkylation sites (N-methyl/N-ethyl adjacent to an activating group) is 1. The van der Waals surface area contributed by atoms with Crippen LogP contribution in [0.25, 0.3) is 11.0 Å². The molecule has 102 valence electrons. The van der Waals surface area contributed by atoms with Gasteiger partial charge in [-0.1, -0.05) is 0 Å². The summed E-state index contributed by atoms with van der Waals surface area (Å²) >= 11 is 0. The molecule has 2 aromatic rings. The number of rotatable bonds is 4. The van der Waals surface area contributed by atoms with Gasteiger partial charge in [-0.05, 0) is 18.6 Å². The highest BCUT2D eigenvalue weighted by Gasteiger charge is 2.07. The summed E-state index contributed by atoms with van der Waals surface area (Å²) in [6.45, 7) is 2.92. The van der Waals surface area contributed by atoms with E-state index in [0.717, 1.165) is 22.3 Å². The molecule has 19 heavy (non-hydrogen) atoms. The molecule has 0 aliphatic rings. The predicted octanol–water partition coefficient (Wildman–Crippen LogP) is 0.455. The number of amides is 1. The second kappa shape index (κ2) is 5.36. The molecule has 0 fully saturated rings. The fourth-order valence-electron chi connectivity index (χ4n) is 1.92. The number of nitrogens with one attached hydrogen (secondary N) is 1. The second-order valence-corrected chi connectivity index (χ2v) is 4.82. The fraction of sp³-hybridized carbons (Fsp3) is 0.462. The zero-order valence-electron chi connectivity index (χ0n) is 11.8. The summed E-state index contributed by atoms with van der Waals surface area (Å²) in [6.07, 6.45) is 1.82. The van der Waals surface area contributed by atoms with Gasteiger partial charge in [0.05, 0.1) is 12.2 Å². The standard InChI is InChI=1S/C13H19N5O/c1-9-11-5-10(6-14-8-12(19)17(2)3)7-15-13(11)18(4)16-9/h5,7,14H,6,8H2,1-4H3. The van der Waals surface area contributed by atoms with Crippen LogP contribution in [0, 0.1) is 6.92 Å². The number of pyridine rings is 1. The van der Waals surface area contributed by atoms with Crippen LogP contribution >= 0.6 is 0 Å². The van der Waals surface area contributed by atoms with E-state index in [9.17, 15) is 4.79 Å². The molecule has 0 spiro atoms. The molecule has 6 nitrogen and oxygen atoms in total. The van der Waals surface area contributed by atoms with Crippen molar-refractivity contribution in [2.45, 2.75) is 13.5 Å². The van der Waals surface area contributed by atoms with Gasteiger partial charge in [-0.25, -0.2) is 4.98 Å². The highest BCUT2D eigenvalue weighted by atomic mass is 16.2. The minimum absolute atomic E-state index is 0.0617. The van der Waals surface area contributed by atoms with Crippen molar-refractivity contribution in [1.29, 1.82) is 0 Å². The maximum atomic E-state index is 11.4. The molecule has 0 saturated heterocycles. The van der Waals surface area contributed by atoms with Gasteiger partial charge >= 0.3 is 0 Å². The number of carbonyl (C=O) groups excluding carboxylic acids is 1. The summed E-state index contributed by atoms with van der Waals surface area (Å²) in [5.41, 5.74) is 2.90. The van der Waals surface area contributed by atoms with Gasteiger partial charge in [0.25, 0.3) is 0 Å². The lowest BCUT2D eigenvalue weighted by molar-refractivity contribution is -0.127. The van der Waals surface area contributed by atoms with Crippen molar-refractivity contribution in [3.63, 3.8) is 0 Å². The Kier molecular flexibility index (Phi) is 3.80. The topological polar surface area (TPSA) is 63.1 Å². The number of nitrogens with zero attached hydrogens (tertiary/aromatic N) is 4. The van der Waals surface area contributed by atoms with Crippen LogP contribution in [0.3, 0.4) is 0 Å². The zero-order chi connectivity index (χ0) is 14.0. The van der Waals surface area contributed by atoms with Gasteiger partial charge in [-0.3, -0.25) is 9.48 Å². The lowest BCUT2D eigenvalue weighted by Crippen LogP contribution is -2.32. The van der Waals surface area contributed by atoms with Crippen molar-refractivity contribution in [2.75, 3.05) is 20.6 Å². The van der Waals surface area contributed by atoms with Crippen LogP contribution in [-0.4, -0.2) is 46.2 Å². The third-order valence-electron chi connectivity index (χ3n) is 3.02. The number of aromatic nitrogens is 3. The number of hydrogen-bond donors (Lipinski definition) is 1. The Morgan fingerprint density at radius 2 is 2.21 bits per heavy atom. The molecule has 0 atom stereocenters. The van der Waals surface area contributed by atoms with Crippen molar-refractivity contribution in [3.8, 4) is 0 Å². The van der Waals surface area contributed by atoms with E-state index in [1.807, 2.05) is 20.2 Å². The van der Waals surface area contributed by atoms with E-state index >= 15 is 0 Å². The Morgan fingerprint density at radius 1 is 1.47 bits per heavy atom. The molecule has 0 aromatic carbocycles. The van der Waals surface area contributed by atoms with Gasteiger partial charge in [0, 0.05) is 39.3 Å². The number of hydrogen-bond acceptors (Lipinski definition) is 4. The molecule has 1 N–H and O–H groups in total. The van der Waals surface area contributed by atoms with Gasteiger partial charge in [-0.15, -0.1) is 0 Å². The summed E-state index contributed by atoms with van der Waals surface area (Å²) in [6, 6.07) is 2.07. The molecule has 0 radical (unpaired) electrons. The first-order valence-electron chi connectivity index (χ1n) is 6.18. The largest absolute Gasteiger partial charge is 0.348 e. The lowest BCUT2D eigenvalue weighted by Gasteiger charge is -2.10. The Labute approximate surface area is 112 Å². The van der Waals surface area contributed by atoms with Gasteiger partial charge in [-0.2, -0.15) is 5.10 Å².